The first-order valence-electron chi connectivity index (χ1n) is 11.1. The first-order valence-corrected chi connectivity index (χ1v) is 11.1. The molecule has 35 heavy (non-hydrogen) atoms. The number of nitrogens with zero attached hydrogens (tertiary/aromatic N) is 4. The molecular weight excluding hydrogens is 452 g/mol. The first-order chi connectivity index (χ1) is 17.0. The Hall–Kier alpha value is -4.12. The van der Waals surface area contributed by atoms with E-state index in [1.807, 2.05) is 0 Å². The monoisotopic (exact) mass is 480 g/mol. The van der Waals surface area contributed by atoms with Crippen molar-refractivity contribution in [1.29, 1.82) is 0 Å². The van der Waals surface area contributed by atoms with Crippen LogP contribution in [0.25, 0.3) is 0 Å². The third kappa shape index (κ3) is 4.76. The average Bonchev–Trinajstić information content (AvgIpc) is 3.28. The molecule has 11 heteroatoms. The molecule has 0 spiro atoms. The number of anilines is 2. The number of carbonyl (C=O) groups is 1. The van der Waals surface area contributed by atoms with E-state index in [2.05, 4.69) is 25.7 Å². The fourth-order valence-electron chi connectivity index (χ4n) is 4.01. The lowest BCUT2D eigenvalue weighted by atomic mass is 9.93. The highest BCUT2D eigenvalue weighted by atomic mass is 16.5. The molecule has 1 amide bonds. The van der Waals surface area contributed by atoms with Crippen LogP contribution >= 0.6 is 0 Å². The molecule has 1 aliphatic rings. The van der Waals surface area contributed by atoms with Crippen LogP contribution in [0.1, 0.15) is 30.8 Å². The van der Waals surface area contributed by atoms with E-state index >= 15 is 0 Å². The second-order valence-corrected chi connectivity index (χ2v) is 7.81. The van der Waals surface area contributed by atoms with E-state index in [1.54, 1.807) is 69.5 Å². The van der Waals surface area contributed by atoms with Gasteiger partial charge in [0.05, 0.1) is 26.9 Å². The van der Waals surface area contributed by atoms with Gasteiger partial charge in [-0.3, -0.25) is 4.79 Å². The second-order valence-electron chi connectivity index (χ2n) is 7.81. The Kier molecular flexibility index (Phi) is 7.16. The third-order valence-corrected chi connectivity index (χ3v) is 5.64. The highest BCUT2D eigenvalue weighted by Crippen LogP contribution is 2.44. The largest absolute Gasteiger partial charge is 0.496 e. The number of rotatable bonds is 9. The van der Waals surface area contributed by atoms with Crippen molar-refractivity contribution in [2.24, 2.45) is 0 Å². The highest BCUT2D eigenvalue weighted by molar-refractivity contribution is 6.05. The predicted molar refractivity (Wildman–Crippen MR) is 129 cm³/mol. The summed E-state index contributed by atoms with van der Waals surface area (Å²) in [6.45, 7) is 1.83. The molecule has 3 heterocycles. The fourth-order valence-corrected chi connectivity index (χ4v) is 4.01. The van der Waals surface area contributed by atoms with Crippen molar-refractivity contribution in [3.8, 4) is 17.2 Å². The number of allylic oxidation sites excluding steroid dienone is 1. The maximum atomic E-state index is 13.6. The number of carbonyl (C=O) groups excluding carboxylic acids is 1. The molecule has 0 saturated heterocycles. The number of benzene rings is 1. The van der Waals surface area contributed by atoms with Gasteiger partial charge in [0, 0.05) is 36.6 Å². The minimum atomic E-state index is -0.694. The van der Waals surface area contributed by atoms with Crippen LogP contribution in [0.5, 0.6) is 17.2 Å². The van der Waals surface area contributed by atoms with Crippen LogP contribution in [-0.4, -0.2) is 58.7 Å². The number of hydrogen-bond donors (Lipinski definition) is 3. The summed E-state index contributed by atoms with van der Waals surface area (Å²) in [5, 5.41) is 20.0. The Labute approximate surface area is 202 Å². The van der Waals surface area contributed by atoms with E-state index in [0.717, 1.165) is 0 Å². The van der Waals surface area contributed by atoms with Gasteiger partial charge >= 0.3 is 0 Å². The molecule has 1 unspecified atom stereocenters. The Morgan fingerprint density at radius 2 is 1.89 bits per heavy atom. The molecule has 0 radical (unpaired) electrons. The van der Waals surface area contributed by atoms with Gasteiger partial charge < -0.3 is 30.0 Å². The maximum Gasteiger partial charge on any atom is 0.257 e. The van der Waals surface area contributed by atoms with Crippen molar-refractivity contribution in [1.82, 2.24) is 19.7 Å². The normalized spacial score (nSPS) is 14.7. The molecule has 2 aromatic heterocycles. The lowest BCUT2D eigenvalue weighted by Gasteiger charge is -2.30. The number of hydrogen-bond acceptors (Lipinski definition) is 9. The summed E-state index contributed by atoms with van der Waals surface area (Å²) in [6.07, 6.45) is 2.61. The average molecular weight is 481 g/mol. The number of fused-ring (bicyclic) bond motifs is 1. The molecule has 0 aliphatic carbocycles. The van der Waals surface area contributed by atoms with Gasteiger partial charge in [-0.05, 0) is 31.5 Å². The Morgan fingerprint density at radius 1 is 1.14 bits per heavy atom. The predicted octanol–water partition coefficient (Wildman–Crippen LogP) is 2.55. The number of aryl methyl sites for hydroxylation is 1. The van der Waals surface area contributed by atoms with E-state index in [0.29, 0.717) is 64.5 Å². The van der Waals surface area contributed by atoms with Crippen LogP contribution in [0.3, 0.4) is 0 Å². The zero-order valence-corrected chi connectivity index (χ0v) is 20.0. The van der Waals surface area contributed by atoms with Crippen LogP contribution in [0.2, 0.25) is 0 Å². The number of methoxy groups -OCH3 is 3. The molecule has 1 aromatic carbocycles. The molecular formula is C24H28N6O5. The molecule has 184 valence electrons. The number of nitrogens with one attached hydrogen (secondary N) is 2. The van der Waals surface area contributed by atoms with E-state index in [4.69, 9.17) is 14.2 Å². The van der Waals surface area contributed by atoms with Gasteiger partial charge in [-0.15, -0.1) is 0 Å². The zero-order valence-electron chi connectivity index (χ0n) is 20.0. The third-order valence-electron chi connectivity index (χ3n) is 5.64. The van der Waals surface area contributed by atoms with Crippen molar-refractivity contribution in [3.05, 3.63) is 59.2 Å². The Morgan fingerprint density at radius 3 is 2.54 bits per heavy atom. The molecule has 11 nitrogen and oxygen atoms in total. The SMILES string of the molecule is COc1cc(OC)c(C2C(C(=O)Nc3ccccn3)=C(C)Nc3nc(CCCO)nn32)cc1OC. The summed E-state index contributed by atoms with van der Waals surface area (Å²) in [4.78, 5) is 22.4. The van der Waals surface area contributed by atoms with Crippen LogP contribution in [0, 0.1) is 0 Å². The number of amides is 1. The van der Waals surface area contributed by atoms with Crippen molar-refractivity contribution in [2.45, 2.75) is 25.8 Å². The number of ether oxygens (including phenoxy) is 3. The number of aromatic nitrogens is 4. The molecule has 0 bridgehead atoms. The van der Waals surface area contributed by atoms with Crippen LogP contribution in [0.15, 0.2) is 47.8 Å². The lowest BCUT2D eigenvalue weighted by molar-refractivity contribution is -0.113. The van der Waals surface area contributed by atoms with Crippen molar-refractivity contribution >= 4 is 17.7 Å². The Bertz CT molecular complexity index is 1240. The van der Waals surface area contributed by atoms with Gasteiger partial charge in [-0.2, -0.15) is 10.1 Å². The first kappa shape index (κ1) is 24.0. The van der Waals surface area contributed by atoms with Gasteiger partial charge in [0.25, 0.3) is 5.91 Å². The van der Waals surface area contributed by atoms with Crippen molar-refractivity contribution in [3.63, 3.8) is 0 Å². The summed E-state index contributed by atoms with van der Waals surface area (Å²) < 4.78 is 18.3. The standard InChI is InChI=1S/C24H28N6O5/c1-14-21(23(32)27-19-8-5-6-10-25-19)22(30-24(26-14)28-20(29-30)9-7-11-31)15-12-17(34-3)18(35-4)13-16(15)33-2/h5-6,8,10,12-13,22,31H,7,9,11H2,1-4H3,(H,25,27,32)(H,26,28,29). The van der Waals surface area contributed by atoms with Gasteiger partial charge in [-0.1, -0.05) is 6.07 Å². The second kappa shape index (κ2) is 10.4. The van der Waals surface area contributed by atoms with Crippen LogP contribution in [-0.2, 0) is 11.2 Å². The van der Waals surface area contributed by atoms with Gasteiger partial charge in [0.15, 0.2) is 17.3 Å². The smallest absolute Gasteiger partial charge is 0.257 e. The molecule has 3 aromatic rings. The molecule has 3 N–H and O–H groups in total. The number of aliphatic hydroxyl groups excluding tert-OH is 1. The van der Waals surface area contributed by atoms with Gasteiger partial charge in [-0.25, -0.2) is 9.67 Å². The van der Waals surface area contributed by atoms with Crippen molar-refractivity contribution < 1.29 is 24.1 Å². The summed E-state index contributed by atoms with van der Waals surface area (Å²) in [7, 11) is 4.63. The summed E-state index contributed by atoms with van der Waals surface area (Å²) in [5.41, 5.74) is 1.65. The molecule has 4 rings (SSSR count). The van der Waals surface area contributed by atoms with Crippen LogP contribution in [0.4, 0.5) is 11.8 Å². The maximum absolute atomic E-state index is 13.6. The van der Waals surface area contributed by atoms with Crippen molar-refractivity contribution in [2.75, 3.05) is 38.6 Å². The molecule has 1 atom stereocenters. The highest BCUT2D eigenvalue weighted by Gasteiger charge is 2.37. The zero-order chi connectivity index (χ0) is 24.9. The topological polar surface area (TPSA) is 133 Å². The van der Waals surface area contributed by atoms with Gasteiger partial charge in [0.2, 0.25) is 5.95 Å². The summed E-state index contributed by atoms with van der Waals surface area (Å²) in [5.74, 6) is 2.55. The van der Waals surface area contributed by atoms with Crippen LogP contribution < -0.4 is 24.8 Å². The summed E-state index contributed by atoms with van der Waals surface area (Å²) >= 11 is 0. The van der Waals surface area contributed by atoms with E-state index in [9.17, 15) is 9.90 Å². The van der Waals surface area contributed by atoms with Gasteiger partial charge in [0.1, 0.15) is 17.6 Å². The quantitative estimate of drug-likeness (QED) is 0.423. The lowest BCUT2D eigenvalue weighted by Crippen LogP contribution is -2.32. The van der Waals surface area contributed by atoms with E-state index in [1.165, 1.54) is 0 Å². The minimum absolute atomic E-state index is 0.0270. The van der Waals surface area contributed by atoms with E-state index < -0.39 is 6.04 Å². The molecule has 0 saturated carbocycles. The summed E-state index contributed by atoms with van der Waals surface area (Å²) in [6, 6.07) is 8.07. The molecule has 0 fully saturated rings. The Balaban J connectivity index is 1.87. The number of pyridine rings is 1. The number of aliphatic hydroxyl groups is 1. The minimum Gasteiger partial charge on any atom is -0.496 e. The molecule has 1 aliphatic heterocycles. The fraction of sp³-hybridized carbons (Fsp3) is 0.333. The van der Waals surface area contributed by atoms with E-state index in [-0.39, 0.29) is 12.5 Å².